The molecule has 1 atom stereocenters. The highest BCUT2D eigenvalue weighted by atomic mass is 32.2. The molecule has 29 heavy (non-hydrogen) atoms. The fraction of sp³-hybridized carbons (Fsp3) is 0.440. The summed E-state index contributed by atoms with van der Waals surface area (Å²) in [7, 11) is -3.58. The van der Waals surface area contributed by atoms with E-state index in [2.05, 4.69) is 19.6 Å². The maximum Gasteiger partial charge on any atom is 0.243 e. The van der Waals surface area contributed by atoms with E-state index in [9.17, 15) is 8.42 Å². The molecule has 156 valence electrons. The Morgan fingerprint density at radius 2 is 1.62 bits per heavy atom. The molecule has 3 rings (SSSR count). The molecule has 1 heterocycles. The van der Waals surface area contributed by atoms with Gasteiger partial charge in [-0.1, -0.05) is 94.0 Å². The summed E-state index contributed by atoms with van der Waals surface area (Å²) in [6.45, 7) is 8.93. The summed E-state index contributed by atoms with van der Waals surface area (Å²) in [5.41, 5.74) is 4.13. The summed E-state index contributed by atoms with van der Waals surface area (Å²) in [6, 6.07) is 15.0. The van der Waals surface area contributed by atoms with Crippen molar-refractivity contribution in [2.75, 3.05) is 0 Å². The zero-order chi connectivity index (χ0) is 20.9. The maximum atomic E-state index is 13.5. The van der Waals surface area contributed by atoms with Gasteiger partial charge in [0.2, 0.25) is 10.0 Å². The summed E-state index contributed by atoms with van der Waals surface area (Å²) in [4.78, 5) is 0.364. The molecular formula is C25H33NO2S. The van der Waals surface area contributed by atoms with Gasteiger partial charge >= 0.3 is 0 Å². The molecule has 0 saturated heterocycles. The number of rotatable bonds is 9. The fourth-order valence-corrected chi connectivity index (χ4v) is 5.76. The third-order valence-corrected chi connectivity index (χ3v) is 7.77. The normalized spacial score (nSPS) is 17.3. The van der Waals surface area contributed by atoms with E-state index in [4.69, 9.17) is 0 Å². The number of hydrogen-bond acceptors (Lipinski definition) is 2. The summed E-state index contributed by atoms with van der Waals surface area (Å²) in [5.74, 6) is 0. The lowest BCUT2D eigenvalue weighted by Crippen LogP contribution is -2.43. The van der Waals surface area contributed by atoms with Crippen LogP contribution in [0.15, 0.2) is 60.0 Å². The molecule has 0 bridgehead atoms. The first kappa shape index (κ1) is 21.8. The lowest BCUT2D eigenvalue weighted by Gasteiger charge is -2.37. The van der Waals surface area contributed by atoms with Crippen molar-refractivity contribution in [3.8, 4) is 0 Å². The van der Waals surface area contributed by atoms with Crippen LogP contribution in [0.2, 0.25) is 0 Å². The first-order chi connectivity index (χ1) is 13.9. The molecule has 2 aromatic rings. The van der Waals surface area contributed by atoms with Crippen molar-refractivity contribution >= 4 is 15.6 Å². The van der Waals surface area contributed by atoms with E-state index in [-0.39, 0.29) is 6.04 Å². The molecule has 1 aliphatic heterocycles. The van der Waals surface area contributed by atoms with E-state index in [1.54, 1.807) is 16.4 Å². The van der Waals surface area contributed by atoms with E-state index >= 15 is 0 Å². The van der Waals surface area contributed by atoms with Gasteiger partial charge in [-0.25, -0.2) is 8.42 Å². The second-order valence-corrected chi connectivity index (χ2v) is 10.0. The molecule has 0 saturated carbocycles. The highest BCUT2D eigenvalue weighted by Gasteiger charge is 2.37. The van der Waals surface area contributed by atoms with E-state index in [1.807, 2.05) is 37.3 Å². The predicted octanol–water partition coefficient (Wildman–Crippen LogP) is 6.33. The number of sulfonamides is 1. The van der Waals surface area contributed by atoms with Gasteiger partial charge in [0, 0.05) is 6.54 Å². The summed E-state index contributed by atoms with van der Waals surface area (Å²) in [5, 5.41) is 0. The highest BCUT2D eigenvalue weighted by molar-refractivity contribution is 7.89. The second-order valence-electron chi connectivity index (χ2n) is 8.12. The van der Waals surface area contributed by atoms with Crippen LogP contribution in [0.1, 0.15) is 68.6 Å². The van der Waals surface area contributed by atoms with Gasteiger partial charge in [-0.3, -0.25) is 0 Å². The van der Waals surface area contributed by atoms with E-state index in [0.29, 0.717) is 11.4 Å². The highest BCUT2D eigenvalue weighted by Crippen LogP contribution is 2.37. The molecule has 0 spiro atoms. The standard InChI is InChI=1S/C25H33NO2S/c1-4-5-6-7-8-9-14-25-21(3)24-13-11-10-12-22(24)19-26(25)29(27,28)23-17-15-20(2)16-18-23/h10-13,15-18,25H,3-9,14,19H2,1-2H3. The van der Waals surface area contributed by atoms with Gasteiger partial charge in [0.15, 0.2) is 0 Å². The van der Waals surface area contributed by atoms with Crippen LogP contribution in [0, 0.1) is 6.92 Å². The Kier molecular flexibility index (Phi) is 7.31. The maximum absolute atomic E-state index is 13.5. The Balaban J connectivity index is 1.85. The average Bonchev–Trinajstić information content (AvgIpc) is 2.72. The monoisotopic (exact) mass is 411 g/mol. The Hall–Kier alpha value is -1.91. The van der Waals surface area contributed by atoms with Gasteiger partial charge in [0.1, 0.15) is 0 Å². The molecule has 3 nitrogen and oxygen atoms in total. The van der Waals surface area contributed by atoms with Crippen LogP contribution in [-0.4, -0.2) is 18.8 Å². The smallest absolute Gasteiger partial charge is 0.207 e. The number of fused-ring (bicyclic) bond motifs is 1. The van der Waals surface area contributed by atoms with Crippen LogP contribution in [0.3, 0.4) is 0 Å². The van der Waals surface area contributed by atoms with Crippen LogP contribution < -0.4 is 0 Å². The zero-order valence-corrected chi connectivity index (χ0v) is 18.5. The average molecular weight is 412 g/mol. The van der Waals surface area contributed by atoms with E-state index in [1.165, 1.54) is 25.7 Å². The van der Waals surface area contributed by atoms with Gasteiger partial charge in [-0.15, -0.1) is 0 Å². The van der Waals surface area contributed by atoms with Gasteiger partial charge in [-0.05, 0) is 42.2 Å². The number of hydrogen-bond donors (Lipinski definition) is 0. The third kappa shape index (κ3) is 4.99. The van der Waals surface area contributed by atoms with Crippen LogP contribution in [0.5, 0.6) is 0 Å². The van der Waals surface area contributed by atoms with Crippen molar-refractivity contribution in [3.05, 3.63) is 71.8 Å². The van der Waals surface area contributed by atoms with E-state index in [0.717, 1.165) is 41.5 Å². The molecule has 2 aromatic carbocycles. The van der Waals surface area contributed by atoms with Crippen LogP contribution in [0.25, 0.3) is 5.57 Å². The topological polar surface area (TPSA) is 37.4 Å². The lowest BCUT2D eigenvalue weighted by atomic mass is 9.88. The Morgan fingerprint density at radius 1 is 0.966 bits per heavy atom. The van der Waals surface area contributed by atoms with Crippen molar-refractivity contribution in [3.63, 3.8) is 0 Å². The predicted molar refractivity (Wildman–Crippen MR) is 121 cm³/mol. The number of unbranched alkanes of at least 4 members (excludes halogenated alkanes) is 5. The minimum Gasteiger partial charge on any atom is -0.207 e. The summed E-state index contributed by atoms with van der Waals surface area (Å²) in [6.07, 6.45) is 7.98. The SMILES string of the molecule is C=C1c2ccccc2CN(S(=O)(=O)c2ccc(C)cc2)C1CCCCCCCC. The number of benzene rings is 2. The van der Waals surface area contributed by atoms with Crippen molar-refractivity contribution in [1.82, 2.24) is 4.31 Å². The number of aryl methyl sites for hydroxylation is 1. The molecule has 0 fully saturated rings. The molecule has 1 unspecified atom stereocenters. The molecule has 4 heteroatoms. The van der Waals surface area contributed by atoms with Crippen LogP contribution >= 0.6 is 0 Å². The third-order valence-electron chi connectivity index (χ3n) is 5.90. The second kappa shape index (κ2) is 9.73. The van der Waals surface area contributed by atoms with Crippen molar-refractivity contribution in [2.45, 2.75) is 76.3 Å². The molecular weight excluding hydrogens is 378 g/mol. The molecule has 0 aliphatic carbocycles. The van der Waals surface area contributed by atoms with Crippen LogP contribution in [-0.2, 0) is 16.6 Å². The minimum absolute atomic E-state index is 0.178. The van der Waals surface area contributed by atoms with Gasteiger partial charge < -0.3 is 0 Å². The first-order valence-electron chi connectivity index (χ1n) is 10.8. The molecule has 1 aliphatic rings. The number of nitrogens with zero attached hydrogens (tertiary/aromatic N) is 1. The summed E-state index contributed by atoms with van der Waals surface area (Å²) >= 11 is 0. The van der Waals surface area contributed by atoms with E-state index < -0.39 is 10.0 Å². The Bertz CT molecular complexity index is 932. The quantitative estimate of drug-likeness (QED) is 0.452. The first-order valence-corrected chi connectivity index (χ1v) is 12.2. The van der Waals surface area contributed by atoms with Crippen molar-refractivity contribution in [1.29, 1.82) is 0 Å². The molecule has 0 radical (unpaired) electrons. The van der Waals surface area contributed by atoms with Crippen molar-refractivity contribution < 1.29 is 8.42 Å². The fourth-order valence-electron chi connectivity index (χ4n) is 4.14. The lowest BCUT2D eigenvalue weighted by molar-refractivity contribution is 0.332. The molecule has 0 aromatic heterocycles. The van der Waals surface area contributed by atoms with Crippen LogP contribution in [0.4, 0.5) is 0 Å². The summed E-state index contributed by atoms with van der Waals surface area (Å²) < 4.78 is 28.7. The molecule has 0 N–H and O–H groups in total. The largest absolute Gasteiger partial charge is 0.243 e. The Morgan fingerprint density at radius 3 is 2.34 bits per heavy atom. The van der Waals surface area contributed by atoms with Gasteiger partial charge in [0.05, 0.1) is 10.9 Å². The van der Waals surface area contributed by atoms with Gasteiger partial charge in [-0.2, -0.15) is 4.31 Å². The molecule has 0 amide bonds. The van der Waals surface area contributed by atoms with Gasteiger partial charge in [0.25, 0.3) is 0 Å². The minimum atomic E-state index is -3.58. The Labute approximate surface area is 176 Å². The van der Waals surface area contributed by atoms with Crippen molar-refractivity contribution in [2.24, 2.45) is 0 Å². The zero-order valence-electron chi connectivity index (χ0n) is 17.7.